The van der Waals surface area contributed by atoms with Crippen molar-refractivity contribution in [3.8, 4) is 0 Å². The van der Waals surface area contributed by atoms with Gasteiger partial charge in [-0.3, -0.25) is 14.5 Å². The van der Waals surface area contributed by atoms with Crippen LogP contribution in [0.15, 0.2) is 27.6 Å². The van der Waals surface area contributed by atoms with Gasteiger partial charge in [-0.1, -0.05) is 0 Å². The minimum atomic E-state index is -3.89. The number of hydrogen-bond acceptors (Lipinski definition) is 5. The number of nitrogens with one attached hydrogen (secondary N) is 1. The molecule has 0 unspecified atom stereocenters. The first-order chi connectivity index (χ1) is 12.2. The Morgan fingerprint density at radius 3 is 2.62 bits per heavy atom. The zero-order valence-corrected chi connectivity index (χ0v) is 17.0. The monoisotopic (exact) mass is 446 g/mol. The third-order valence-corrected chi connectivity index (χ3v) is 5.72. The molecule has 144 valence electrons. The maximum absolute atomic E-state index is 12.8. The van der Waals surface area contributed by atoms with Gasteiger partial charge in [0.25, 0.3) is 5.91 Å². The van der Waals surface area contributed by atoms with Gasteiger partial charge in [0.2, 0.25) is 15.9 Å². The van der Waals surface area contributed by atoms with Crippen LogP contribution in [0, 0.1) is 0 Å². The highest BCUT2D eigenvalue weighted by Crippen LogP contribution is 2.22. The number of carbonyl (C=O) groups is 2. The molecule has 0 atom stereocenters. The summed E-state index contributed by atoms with van der Waals surface area (Å²) in [4.78, 5) is 28.2. The minimum Gasteiger partial charge on any atom is -0.355 e. The number of nitrogens with zero attached hydrogens (tertiary/aromatic N) is 2. The normalized spacial score (nSPS) is 16.2. The lowest BCUT2D eigenvalue weighted by Crippen LogP contribution is -2.40. The summed E-state index contributed by atoms with van der Waals surface area (Å²) in [6, 6.07) is 4.15. The van der Waals surface area contributed by atoms with E-state index < -0.39 is 10.0 Å². The standard InChI is InChI=1S/C16H23BrN4O4S/c1-2-19-15(22)11-20-6-3-7-21(9-8-20)16(23)13-10-12(26(18,24)25)4-5-14(13)17/h4-5,10H,2-3,6-9,11H2,1H3,(H,19,22)(H2,18,24,25). The van der Waals surface area contributed by atoms with Gasteiger partial charge in [-0.15, -0.1) is 0 Å². The van der Waals surface area contributed by atoms with Crippen molar-refractivity contribution in [2.24, 2.45) is 5.14 Å². The highest BCUT2D eigenvalue weighted by atomic mass is 79.9. The third kappa shape index (κ3) is 5.50. The fraction of sp³-hybridized carbons (Fsp3) is 0.500. The van der Waals surface area contributed by atoms with Crippen LogP contribution in [0.5, 0.6) is 0 Å². The first-order valence-corrected chi connectivity index (χ1v) is 10.7. The lowest BCUT2D eigenvalue weighted by molar-refractivity contribution is -0.122. The van der Waals surface area contributed by atoms with Gasteiger partial charge in [-0.05, 0) is 47.5 Å². The van der Waals surface area contributed by atoms with Gasteiger partial charge in [-0.25, -0.2) is 13.6 Å². The average Bonchev–Trinajstić information content (AvgIpc) is 2.79. The first kappa shape index (κ1) is 20.8. The summed E-state index contributed by atoms with van der Waals surface area (Å²) in [7, 11) is -3.89. The molecule has 1 heterocycles. The van der Waals surface area contributed by atoms with E-state index >= 15 is 0 Å². The van der Waals surface area contributed by atoms with E-state index in [1.807, 2.05) is 11.8 Å². The average molecular weight is 447 g/mol. The van der Waals surface area contributed by atoms with Gasteiger partial charge in [0.1, 0.15) is 0 Å². The topological polar surface area (TPSA) is 113 Å². The summed E-state index contributed by atoms with van der Waals surface area (Å²) in [5.41, 5.74) is 0.258. The van der Waals surface area contributed by atoms with Crippen LogP contribution in [0.3, 0.4) is 0 Å². The molecule has 1 saturated heterocycles. The van der Waals surface area contributed by atoms with Crippen LogP contribution in [0.4, 0.5) is 0 Å². The molecule has 0 spiro atoms. The summed E-state index contributed by atoms with van der Waals surface area (Å²) >= 11 is 3.30. The number of likely N-dealkylation sites (N-methyl/N-ethyl adjacent to an activating group) is 1. The molecule has 1 aromatic rings. The smallest absolute Gasteiger partial charge is 0.255 e. The lowest BCUT2D eigenvalue weighted by atomic mass is 10.2. The van der Waals surface area contributed by atoms with Gasteiger partial charge in [-0.2, -0.15) is 0 Å². The van der Waals surface area contributed by atoms with E-state index in [1.54, 1.807) is 4.90 Å². The van der Waals surface area contributed by atoms with Crippen molar-refractivity contribution in [1.29, 1.82) is 0 Å². The van der Waals surface area contributed by atoms with Crippen LogP contribution in [0.1, 0.15) is 23.7 Å². The molecule has 0 radical (unpaired) electrons. The number of primary sulfonamides is 1. The predicted octanol–water partition coefficient (Wildman–Crippen LogP) is 0.381. The maximum atomic E-state index is 12.8. The molecule has 2 rings (SSSR count). The van der Waals surface area contributed by atoms with E-state index in [4.69, 9.17) is 5.14 Å². The van der Waals surface area contributed by atoms with Crippen molar-refractivity contribution in [1.82, 2.24) is 15.1 Å². The predicted molar refractivity (Wildman–Crippen MR) is 101 cm³/mol. The Bertz CT molecular complexity index is 784. The Kier molecular flexibility index (Phi) is 7.16. The molecule has 2 amide bonds. The molecule has 26 heavy (non-hydrogen) atoms. The molecule has 1 fully saturated rings. The number of rotatable bonds is 5. The Morgan fingerprint density at radius 2 is 1.96 bits per heavy atom. The fourth-order valence-electron chi connectivity index (χ4n) is 2.80. The van der Waals surface area contributed by atoms with Crippen molar-refractivity contribution >= 4 is 37.8 Å². The zero-order valence-electron chi connectivity index (χ0n) is 14.6. The summed E-state index contributed by atoms with van der Waals surface area (Å²) in [6.07, 6.45) is 0.734. The zero-order chi connectivity index (χ0) is 19.3. The van der Waals surface area contributed by atoms with Gasteiger partial charge in [0.05, 0.1) is 17.0 Å². The Labute approximate surface area is 161 Å². The molecule has 1 aliphatic heterocycles. The molecule has 8 nitrogen and oxygen atoms in total. The van der Waals surface area contributed by atoms with Crippen LogP contribution >= 0.6 is 15.9 Å². The highest BCUT2D eigenvalue weighted by Gasteiger charge is 2.24. The van der Waals surface area contributed by atoms with Crippen LogP contribution in [0.25, 0.3) is 0 Å². The number of sulfonamides is 1. The second kappa shape index (κ2) is 8.94. The Balaban J connectivity index is 2.10. The maximum Gasteiger partial charge on any atom is 0.255 e. The SMILES string of the molecule is CCNC(=O)CN1CCCN(C(=O)c2cc(S(N)(=O)=O)ccc2Br)CC1. The highest BCUT2D eigenvalue weighted by molar-refractivity contribution is 9.10. The van der Waals surface area contributed by atoms with Crippen molar-refractivity contribution < 1.29 is 18.0 Å². The van der Waals surface area contributed by atoms with E-state index in [0.717, 1.165) is 13.0 Å². The number of amides is 2. The lowest BCUT2D eigenvalue weighted by Gasteiger charge is -2.22. The number of carbonyl (C=O) groups excluding carboxylic acids is 2. The van der Waals surface area contributed by atoms with Crippen molar-refractivity contribution in [2.75, 3.05) is 39.3 Å². The Morgan fingerprint density at radius 1 is 1.23 bits per heavy atom. The van der Waals surface area contributed by atoms with Crippen LogP contribution in [-0.2, 0) is 14.8 Å². The van der Waals surface area contributed by atoms with E-state index in [-0.39, 0.29) is 22.3 Å². The van der Waals surface area contributed by atoms with Gasteiger partial charge in [0, 0.05) is 37.2 Å². The molecule has 0 aromatic heterocycles. The molecular weight excluding hydrogens is 424 g/mol. The number of nitrogens with two attached hydrogens (primary N) is 1. The largest absolute Gasteiger partial charge is 0.355 e. The van der Waals surface area contributed by atoms with E-state index in [2.05, 4.69) is 21.2 Å². The molecule has 0 aliphatic carbocycles. The quantitative estimate of drug-likeness (QED) is 0.678. The minimum absolute atomic E-state index is 0.0316. The summed E-state index contributed by atoms with van der Waals surface area (Å²) in [6.45, 7) is 5.07. The number of benzene rings is 1. The molecular formula is C16H23BrN4O4S. The summed E-state index contributed by atoms with van der Waals surface area (Å²) in [5.74, 6) is -0.293. The van der Waals surface area contributed by atoms with Crippen molar-refractivity contribution in [2.45, 2.75) is 18.2 Å². The van der Waals surface area contributed by atoms with Crippen LogP contribution in [-0.4, -0.2) is 69.3 Å². The number of halogens is 1. The van der Waals surface area contributed by atoms with E-state index in [0.29, 0.717) is 37.2 Å². The summed E-state index contributed by atoms with van der Waals surface area (Å²) < 4.78 is 23.6. The number of hydrogen-bond donors (Lipinski definition) is 2. The molecule has 3 N–H and O–H groups in total. The second-order valence-electron chi connectivity index (χ2n) is 6.06. The van der Waals surface area contributed by atoms with Gasteiger partial charge in [0.15, 0.2) is 0 Å². The molecule has 0 bridgehead atoms. The summed E-state index contributed by atoms with van der Waals surface area (Å²) in [5, 5.41) is 7.92. The van der Waals surface area contributed by atoms with Gasteiger partial charge < -0.3 is 10.2 Å². The fourth-order valence-corrected chi connectivity index (χ4v) is 3.76. The molecule has 1 aromatic carbocycles. The molecule has 0 saturated carbocycles. The molecule has 1 aliphatic rings. The third-order valence-electron chi connectivity index (χ3n) is 4.11. The molecule has 10 heteroatoms. The van der Waals surface area contributed by atoms with E-state index in [9.17, 15) is 18.0 Å². The van der Waals surface area contributed by atoms with Gasteiger partial charge >= 0.3 is 0 Å². The second-order valence-corrected chi connectivity index (χ2v) is 8.48. The van der Waals surface area contributed by atoms with Crippen LogP contribution in [0.2, 0.25) is 0 Å². The first-order valence-electron chi connectivity index (χ1n) is 8.33. The van der Waals surface area contributed by atoms with E-state index in [1.165, 1.54) is 18.2 Å². The Hall–Kier alpha value is -1.49. The van der Waals surface area contributed by atoms with Crippen LogP contribution < -0.4 is 10.5 Å². The van der Waals surface area contributed by atoms with Crippen molar-refractivity contribution in [3.63, 3.8) is 0 Å². The van der Waals surface area contributed by atoms with Crippen molar-refractivity contribution in [3.05, 3.63) is 28.2 Å².